The predicted molar refractivity (Wildman–Crippen MR) is 131 cm³/mol. The zero-order chi connectivity index (χ0) is 24.7. The van der Waals surface area contributed by atoms with Crippen molar-refractivity contribution in [1.29, 1.82) is 0 Å². The Morgan fingerprint density at radius 3 is 2.32 bits per heavy atom. The minimum absolute atomic E-state index is 0.0708. The van der Waals surface area contributed by atoms with Gasteiger partial charge < -0.3 is 24.8 Å². The monoisotopic (exact) mass is 486 g/mol. The molecule has 2 aromatic rings. The van der Waals surface area contributed by atoms with E-state index in [1.165, 1.54) is 4.90 Å². The summed E-state index contributed by atoms with van der Waals surface area (Å²) in [4.78, 5) is 42.5. The maximum absolute atomic E-state index is 13.6. The van der Waals surface area contributed by atoms with Crippen LogP contribution in [0.4, 0.5) is 4.79 Å². The molecule has 0 spiro atoms. The van der Waals surface area contributed by atoms with Crippen molar-refractivity contribution in [1.82, 2.24) is 20.0 Å². The molecule has 0 aromatic heterocycles. The van der Waals surface area contributed by atoms with E-state index in [2.05, 4.69) is 5.32 Å². The maximum atomic E-state index is 13.6. The first kappa shape index (κ1) is 25.4. The number of hydrogen-bond acceptors (Lipinski definition) is 4. The van der Waals surface area contributed by atoms with Crippen molar-refractivity contribution in [3.63, 3.8) is 0 Å². The number of likely N-dealkylation sites (tertiary alicyclic amines) is 1. The second-order valence-electron chi connectivity index (χ2n) is 8.69. The van der Waals surface area contributed by atoms with Crippen LogP contribution < -0.4 is 10.1 Å². The first-order valence-corrected chi connectivity index (χ1v) is 11.5. The largest absolute Gasteiger partial charge is 0.497 e. The number of hydrogen-bond donors (Lipinski definition) is 1. The zero-order valence-corrected chi connectivity index (χ0v) is 20.5. The first-order valence-electron chi connectivity index (χ1n) is 11.1. The number of amides is 4. The smallest absolute Gasteiger partial charge is 0.317 e. The molecule has 1 aliphatic rings. The average molecular weight is 487 g/mol. The number of rotatable bonds is 9. The standard InChI is InChI=1S/C25H31ClN4O4/c1-25(12-13-29(17-25)24(33)27-2)30(15-20-4-8-21(26)9-5-20)23(32)16-28(18-31)14-19-6-10-22(34-3)11-7-19/h4-11,18H,12-17H2,1-3H3,(H,27,33). The van der Waals surface area contributed by atoms with Gasteiger partial charge in [-0.25, -0.2) is 4.79 Å². The molecule has 0 radical (unpaired) electrons. The summed E-state index contributed by atoms with van der Waals surface area (Å²) in [5.74, 6) is 0.540. The number of carbonyl (C=O) groups excluding carboxylic acids is 3. The van der Waals surface area contributed by atoms with E-state index in [1.54, 1.807) is 36.1 Å². The van der Waals surface area contributed by atoms with E-state index >= 15 is 0 Å². The summed E-state index contributed by atoms with van der Waals surface area (Å²) in [6.07, 6.45) is 1.33. The Morgan fingerprint density at radius 2 is 1.74 bits per heavy atom. The number of urea groups is 1. The van der Waals surface area contributed by atoms with Crippen molar-refractivity contribution >= 4 is 29.9 Å². The Morgan fingerprint density at radius 1 is 1.12 bits per heavy atom. The molecule has 1 aliphatic heterocycles. The van der Waals surface area contributed by atoms with Crippen LogP contribution in [0.5, 0.6) is 5.75 Å². The third-order valence-corrected chi connectivity index (χ3v) is 6.44. The summed E-state index contributed by atoms with van der Waals surface area (Å²) < 4.78 is 5.18. The van der Waals surface area contributed by atoms with E-state index in [4.69, 9.17) is 16.3 Å². The summed E-state index contributed by atoms with van der Waals surface area (Å²) in [6.45, 7) is 3.52. The highest BCUT2D eigenvalue weighted by molar-refractivity contribution is 6.30. The molecule has 1 N–H and O–H groups in total. The molecular formula is C25H31ClN4O4. The maximum Gasteiger partial charge on any atom is 0.317 e. The van der Waals surface area contributed by atoms with Gasteiger partial charge in [-0.3, -0.25) is 9.59 Å². The van der Waals surface area contributed by atoms with Gasteiger partial charge in [-0.2, -0.15) is 0 Å². The molecule has 34 heavy (non-hydrogen) atoms. The first-order chi connectivity index (χ1) is 16.3. The van der Waals surface area contributed by atoms with Gasteiger partial charge in [-0.05, 0) is 48.7 Å². The molecule has 9 heteroatoms. The van der Waals surface area contributed by atoms with E-state index < -0.39 is 5.54 Å². The lowest BCUT2D eigenvalue weighted by atomic mass is 9.97. The summed E-state index contributed by atoms with van der Waals surface area (Å²) >= 11 is 6.03. The van der Waals surface area contributed by atoms with Gasteiger partial charge in [0.1, 0.15) is 5.75 Å². The van der Waals surface area contributed by atoms with Gasteiger partial charge in [0.25, 0.3) is 0 Å². The second kappa shape index (κ2) is 11.2. The van der Waals surface area contributed by atoms with Gasteiger partial charge in [0, 0.05) is 38.2 Å². The van der Waals surface area contributed by atoms with E-state index in [9.17, 15) is 14.4 Å². The van der Waals surface area contributed by atoms with Crippen LogP contribution in [0, 0.1) is 0 Å². The van der Waals surface area contributed by atoms with Crippen LogP contribution in [0.25, 0.3) is 0 Å². The molecule has 1 atom stereocenters. The molecule has 8 nitrogen and oxygen atoms in total. The van der Waals surface area contributed by atoms with Gasteiger partial charge in [-0.15, -0.1) is 0 Å². The number of carbonyl (C=O) groups is 3. The van der Waals surface area contributed by atoms with Crippen LogP contribution in [0.15, 0.2) is 48.5 Å². The predicted octanol–water partition coefficient (Wildman–Crippen LogP) is 3.14. The molecule has 182 valence electrons. The lowest BCUT2D eigenvalue weighted by Crippen LogP contribution is -2.54. The molecule has 0 bridgehead atoms. The Balaban J connectivity index is 1.79. The number of methoxy groups -OCH3 is 1. The third kappa shape index (κ3) is 6.20. The molecule has 1 unspecified atom stereocenters. The van der Waals surface area contributed by atoms with Crippen LogP contribution in [0.2, 0.25) is 5.02 Å². The number of halogens is 1. The number of benzene rings is 2. The quantitative estimate of drug-likeness (QED) is 0.552. The normalized spacial score (nSPS) is 17.2. The average Bonchev–Trinajstić information content (AvgIpc) is 3.25. The number of nitrogens with one attached hydrogen (secondary N) is 1. The molecular weight excluding hydrogens is 456 g/mol. The lowest BCUT2D eigenvalue weighted by molar-refractivity contribution is -0.141. The Bertz CT molecular complexity index is 999. The van der Waals surface area contributed by atoms with Crippen molar-refractivity contribution in [2.24, 2.45) is 0 Å². The van der Waals surface area contributed by atoms with Crippen molar-refractivity contribution in [3.8, 4) is 5.75 Å². The van der Waals surface area contributed by atoms with Gasteiger partial charge in [0.15, 0.2) is 0 Å². The van der Waals surface area contributed by atoms with Crippen LogP contribution in [0.3, 0.4) is 0 Å². The van der Waals surface area contributed by atoms with E-state index in [0.717, 1.165) is 16.9 Å². The zero-order valence-electron chi connectivity index (χ0n) is 19.8. The highest BCUT2D eigenvalue weighted by Gasteiger charge is 2.43. The Kier molecular flexibility index (Phi) is 8.39. The summed E-state index contributed by atoms with van der Waals surface area (Å²) in [5.41, 5.74) is 1.24. The number of nitrogens with zero attached hydrogens (tertiary/aromatic N) is 3. The van der Waals surface area contributed by atoms with E-state index in [-0.39, 0.29) is 18.5 Å². The van der Waals surface area contributed by atoms with Crippen LogP contribution in [-0.2, 0) is 22.7 Å². The summed E-state index contributed by atoms with van der Waals surface area (Å²) in [7, 11) is 3.19. The van der Waals surface area contributed by atoms with Crippen LogP contribution in [-0.4, -0.2) is 72.4 Å². The van der Waals surface area contributed by atoms with Crippen molar-refractivity contribution in [2.75, 3.05) is 33.8 Å². The highest BCUT2D eigenvalue weighted by atomic mass is 35.5. The Labute approximate surface area is 205 Å². The number of ether oxygens (including phenoxy) is 1. The lowest BCUT2D eigenvalue weighted by Gasteiger charge is -2.39. The fraction of sp³-hybridized carbons (Fsp3) is 0.400. The third-order valence-electron chi connectivity index (χ3n) is 6.19. The summed E-state index contributed by atoms with van der Waals surface area (Å²) in [5, 5.41) is 3.27. The topological polar surface area (TPSA) is 82.2 Å². The molecule has 2 aromatic carbocycles. The molecule has 4 amide bonds. The minimum Gasteiger partial charge on any atom is -0.497 e. The fourth-order valence-corrected chi connectivity index (χ4v) is 4.33. The molecule has 1 saturated heterocycles. The van der Waals surface area contributed by atoms with Gasteiger partial charge >= 0.3 is 6.03 Å². The van der Waals surface area contributed by atoms with E-state index in [0.29, 0.717) is 44.0 Å². The van der Waals surface area contributed by atoms with Crippen LogP contribution in [0.1, 0.15) is 24.5 Å². The van der Waals surface area contributed by atoms with Crippen molar-refractivity contribution in [2.45, 2.75) is 32.0 Å². The van der Waals surface area contributed by atoms with Crippen LogP contribution >= 0.6 is 11.6 Å². The Hall–Kier alpha value is -3.26. The molecule has 0 saturated carbocycles. The van der Waals surface area contributed by atoms with E-state index in [1.807, 2.05) is 43.3 Å². The van der Waals surface area contributed by atoms with Gasteiger partial charge in [0.2, 0.25) is 12.3 Å². The van der Waals surface area contributed by atoms with Gasteiger partial charge in [-0.1, -0.05) is 35.9 Å². The molecule has 0 aliphatic carbocycles. The minimum atomic E-state index is -0.572. The fourth-order valence-electron chi connectivity index (χ4n) is 4.20. The van der Waals surface area contributed by atoms with Crippen molar-refractivity contribution < 1.29 is 19.1 Å². The SMILES string of the molecule is CNC(=O)N1CCC(C)(N(Cc2ccc(Cl)cc2)C(=O)CN(C=O)Cc2ccc(OC)cc2)C1. The van der Waals surface area contributed by atoms with Crippen molar-refractivity contribution in [3.05, 3.63) is 64.7 Å². The summed E-state index contributed by atoms with van der Waals surface area (Å²) in [6, 6.07) is 14.5. The molecule has 3 rings (SSSR count). The second-order valence-corrected chi connectivity index (χ2v) is 9.12. The highest BCUT2D eigenvalue weighted by Crippen LogP contribution is 2.30. The van der Waals surface area contributed by atoms with Gasteiger partial charge in [0.05, 0.1) is 19.2 Å². The molecule has 1 fully saturated rings. The molecule has 1 heterocycles.